The number of ketones is 2. The quantitative estimate of drug-likeness (QED) is 0.361. The number of rotatable bonds is 2. The first kappa shape index (κ1) is 26.4. The second-order valence-corrected chi connectivity index (χ2v) is 9.42. The lowest BCUT2D eigenvalue weighted by molar-refractivity contribution is -0.122. The van der Waals surface area contributed by atoms with Crippen molar-refractivity contribution >= 4 is 46.6 Å². The van der Waals surface area contributed by atoms with Crippen molar-refractivity contribution in [3.63, 3.8) is 0 Å². The topological polar surface area (TPSA) is 183 Å². The highest BCUT2D eigenvalue weighted by Gasteiger charge is 2.60. The number of nitrogens with zero attached hydrogens (tertiary/aromatic N) is 2. The van der Waals surface area contributed by atoms with Crippen molar-refractivity contribution in [2.75, 3.05) is 13.2 Å². The Kier molecular flexibility index (Phi) is 6.22. The number of phenols is 2. The molecule has 1 amide bonds. The third-order valence-corrected chi connectivity index (χ3v) is 7.50. The van der Waals surface area contributed by atoms with Crippen LogP contribution in [0.5, 0.6) is 11.5 Å². The Labute approximate surface area is 217 Å². The summed E-state index contributed by atoms with van der Waals surface area (Å²) < 4.78 is 4.81. The number of aryl methyl sites for hydroxylation is 2. The Morgan fingerprint density at radius 2 is 1.84 bits per heavy atom. The predicted molar refractivity (Wildman–Crippen MR) is 134 cm³/mol. The maximum Gasteiger partial charge on any atom is 0.430 e. The van der Waals surface area contributed by atoms with Gasteiger partial charge in [0.05, 0.1) is 34.8 Å². The summed E-state index contributed by atoms with van der Waals surface area (Å²) >= 11 is 0. The number of phenolic OH excluding ortho intramolecular Hbond substituents is 2. The molecule has 1 fully saturated rings. The number of amides is 1. The van der Waals surface area contributed by atoms with Gasteiger partial charge in [-0.1, -0.05) is 12.1 Å². The number of aliphatic hydroxyl groups is 2. The van der Waals surface area contributed by atoms with Crippen LogP contribution in [-0.2, 0) is 16.0 Å². The van der Waals surface area contributed by atoms with Crippen molar-refractivity contribution in [1.82, 2.24) is 5.01 Å². The van der Waals surface area contributed by atoms with E-state index in [0.717, 1.165) is 5.01 Å². The molecule has 12 heteroatoms. The summed E-state index contributed by atoms with van der Waals surface area (Å²) in [4.78, 5) is 38.9. The lowest BCUT2D eigenvalue weighted by Gasteiger charge is -2.45. The minimum atomic E-state index is -2.64. The van der Waals surface area contributed by atoms with Gasteiger partial charge >= 0.3 is 6.09 Å². The third kappa shape index (κ3) is 3.41. The van der Waals surface area contributed by atoms with E-state index in [1.54, 1.807) is 26.0 Å². The molecule has 0 unspecified atom stereocenters. The first-order valence-corrected chi connectivity index (χ1v) is 11.4. The fraction of sp³-hybridized carbons (Fsp3) is 0.360. The Morgan fingerprint density at radius 1 is 1.16 bits per heavy atom. The van der Waals surface area contributed by atoms with E-state index >= 15 is 0 Å². The van der Waals surface area contributed by atoms with Gasteiger partial charge < -0.3 is 30.9 Å². The molecule has 0 radical (unpaired) electrons. The monoisotopic (exact) mass is 531 g/mol. The van der Waals surface area contributed by atoms with Crippen LogP contribution in [-0.4, -0.2) is 73.6 Å². The van der Waals surface area contributed by atoms with Crippen molar-refractivity contribution in [3.8, 4) is 11.5 Å². The molecule has 6 N–H and O–H groups in total. The number of ether oxygens (including phenoxy) is 1. The standard InChI is InChI=1S/C25H25N3O8.ClH/c1-9-4-5-12-10(2)13-8-14-18(26)21(31)15(11(3)27-28-6-7-36-24(28)34)22(32)25(14,35)23(33)17(13)20(30)16(12)19(9)29;/h4-5,14,18,29-30,32,35H,6-8,26H2,1-3H3;1H/b27-11+;/t14-,18+,25+;/m0./s1. The smallest absolute Gasteiger partial charge is 0.430 e. The molecule has 0 bridgehead atoms. The maximum atomic E-state index is 13.8. The highest BCUT2D eigenvalue weighted by Crippen LogP contribution is 2.50. The van der Waals surface area contributed by atoms with Gasteiger partial charge in [0.2, 0.25) is 5.78 Å². The van der Waals surface area contributed by atoms with Crippen LogP contribution in [0, 0.1) is 19.8 Å². The maximum absolute atomic E-state index is 13.8. The zero-order chi connectivity index (χ0) is 26.3. The third-order valence-electron chi connectivity index (χ3n) is 7.50. The number of carbonyl (C=O) groups excluding carboxylic acids is 3. The molecule has 0 spiro atoms. The molecular formula is C25H26ClN3O8. The van der Waals surface area contributed by atoms with Crippen LogP contribution < -0.4 is 5.73 Å². The SMILES string of the molecule is C/C(=N\N1CCOC1=O)C1=C(O)[C@@]2(O)C(=O)c3c(c(C)c4ccc(C)c(O)c4c3O)C[C@H]2[C@@H](N)C1=O.Cl. The van der Waals surface area contributed by atoms with Crippen LogP contribution in [0.2, 0.25) is 0 Å². The van der Waals surface area contributed by atoms with E-state index in [-0.39, 0.29) is 54.4 Å². The number of benzene rings is 2. The van der Waals surface area contributed by atoms with E-state index in [2.05, 4.69) is 5.10 Å². The summed E-state index contributed by atoms with van der Waals surface area (Å²) in [5.41, 5.74) is 4.13. The van der Waals surface area contributed by atoms with Gasteiger partial charge in [-0.3, -0.25) is 9.59 Å². The molecule has 2 aromatic carbocycles. The number of aromatic hydroxyl groups is 2. The average Bonchev–Trinajstić information content (AvgIpc) is 3.23. The van der Waals surface area contributed by atoms with Gasteiger partial charge in [-0.2, -0.15) is 10.1 Å². The van der Waals surface area contributed by atoms with Crippen LogP contribution in [0.25, 0.3) is 10.8 Å². The summed E-state index contributed by atoms with van der Waals surface area (Å²) in [7, 11) is 0. The number of hydrogen-bond donors (Lipinski definition) is 5. The second-order valence-electron chi connectivity index (χ2n) is 9.42. The second kappa shape index (κ2) is 8.72. The molecule has 1 saturated heterocycles. The van der Waals surface area contributed by atoms with E-state index in [9.17, 15) is 34.8 Å². The lowest BCUT2D eigenvalue weighted by Crippen LogP contribution is -2.63. The van der Waals surface area contributed by atoms with Gasteiger partial charge in [0.25, 0.3) is 0 Å². The molecule has 37 heavy (non-hydrogen) atoms. The summed E-state index contributed by atoms with van der Waals surface area (Å²) in [5.74, 6) is -4.73. The highest BCUT2D eigenvalue weighted by atomic mass is 35.5. The normalized spacial score (nSPS) is 25.7. The predicted octanol–water partition coefficient (Wildman–Crippen LogP) is 1.93. The largest absolute Gasteiger partial charge is 0.508 e. The summed E-state index contributed by atoms with van der Waals surface area (Å²) in [6, 6.07) is 1.99. The number of Topliss-reactive ketones (excluding diaryl/α,β-unsaturated/α-hetero) is 2. The summed E-state index contributed by atoms with van der Waals surface area (Å²) in [6.45, 7) is 4.89. The first-order chi connectivity index (χ1) is 16.9. The molecular weight excluding hydrogens is 506 g/mol. The number of halogens is 1. The lowest BCUT2D eigenvalue weighted by atomic mass is 9.61. The van der Waals surface area contributed by atoms with E-state index in [4.69, 9.17) is 10.5 Å². The number of aliphatic hydroxyl groups excluding tert-OH is 1. The van der Waals surface area contributed by atoms with Gasteiger partial charge in [0.1, 0.15) is 23.9 Å². The number of carbonyl (C=O) groups is 3. The Morgan fingerprint density at radius 3 is 2.46 bits per heavy atom. The Balaban J connectivity index is 0.00000320. The van der Waals surface area contributed by atoms with Crippen molar-refractivity contribution < 1.29 is 39.5 Å². The Hall–Kier alpha value is -3.67. The van der Waals surface area contributed by atoms with Gasteiger partial charge in [-0.15, -0.1) is 12.4 Å². The zero-order valence-electron chi connectivity index (χ0n) is 20.2. The van der Waals surface area contributed by atoms with Gasteiger partial charge in [-0.05, 0) is 49.3 Å². The number of nitrogens with two attached hydrogens (primary N) is 1. The molecule has 2 aromatic rings. The molecule has 1 heterocycles. The van der Waals surface area contributed by atoms with Gasteiger partial charge in [0.15, 0.2) is 11.4 Å². The molecule has 0 saturated carbocycles. The van der Waals surface area contributed by atoms with Crippen molar-refractivity contribution in [2.45, 2.75) is 38.8 Å². The van der Waals surface area contributed by atoms with Crippen molar-refractivity contribution in [2.24, 2.45) is 16.8 Å². The summed E-state index contributed by atoms with van der Waals surface area (Å²) in [6.07, 6.45) is -0.843. The molecule has 0 aromatic heterocycles. The number of fused-ring (bicyclic) bond motifs is 3. The molecule has 196 valence electrons. The molecule has 3 atom stereocenters. The van der Waals surface area contributed by atoms with E-state index in [1.165, 1.54) is 6.92 Å². The van der Waals surface area contributed by atoms with Gasteiger partial charge in [0, 0.05) is 5.92 Å². The number of hydrogen-bond acceptors (Lipinski definition) is 10. The fourth-order valence-corrected chi connectivity index (χ4v) is 5.48. The molecule has 2 aliphatic carbocycles. The zero-order valence-corrected chi connectivity index (χ0v) is 21.0. The minimum absolute atomic E-state index is 0. The fourth-order valence-electron chi connectivity index (χ4n) is 5.48. The van der Waals surface area contributed by atoms with Crippen molar-refractivity contribution in [3.05, 3.63) is 45.7 Å². The molecule has 3 aliphatic rings. The molecule has 11 nitrogen and oxygen atoms in total. The van der Waals surface area contributed by atoms with Crippen LogP contribution in [0.1, 0.15) is 34.0 Å². The van der Waals surface area contributed by atoms with E-state index in [0.29, 0.717) is 22.1 Å². The van der Waals surface area contributed by atoms with Crippen LogP contribution in [0.4, 0.5) is 4.79 Å². The Bertz CT molecular complexity index is 1470. The van der Waals surface area contributed by atoms with Crippen molar-refractivity contribution in [1.29, 1.82) is 0 Å². The number of cyclic esters (lactones) is 1. The number of hydrazone groups is 1. The van der Waals surface area contributed by atoms with Crippen LogP contribution in [0.3, 0.4) is 0 Å². The average molecular weight is 532 g/mol. The minimum Gasteiger partial charge on any atom is -0.508 e. The van der Waals surface area contributed by atoms with Crippen LogP contribution in [0.15, 0.2) is 28.6 Å². The molecule has 5 rings (SSSR count). The summed E-state index contributed by atoms with van der Waals surface area (Å²) in [5, 5.41) is 50.2. The highest BCUT2D eigenvalue weighted by molar-refractivity contribution is 6.26. The van der Waals surface area contributed by atoms with E-state index in [1.807, 2.05) is 0 Å². The van der Waals surface area contributed by atoms with Gasteiger partial charge in [-0.25, -0.2) is 4.79 Å². The first-order valence-electron chi connectivity index (χ1n) is 11.4. The molecule has 1 aliphatic heterocycles. The van der Waals surface area contributed by atoms with Crippen LogP contribution >= 0.6 is 12.4 Å². The van der Waals surface area contributed by atoms with E-state index < -0.39 is 52.3 Å².